The highest BCUT2D eigenvalue weighted by Gasteiger charge is 2.28. The Labute approximate surface area is 144 Å². The van der Waals surface area contributed by atoms with E-state index in [1.54, 1.807) is 12.1 Å². The topological polar surface area (TPSA) is 59.6 Å². The molecular formula is C15H20ClF3N2O3. The van der Waals surface area contributed by atoms with Crippen molar-refractivity contribution in [3.8, 4) is 5.75 Å². The third-order valence-electron chi connectivity index (χ3n) is 3.25. The molecule has 1 amide bonds. The number of halogens is 4. The molecule has 0 aromatic heterocycles. The van der Waals surface area contributed by atoms with Gasteiger partial charge in [-0.2, -0.15) is 13.2 Å². The van der Waals surface area contributed by atoms with Gasteiger partial charge in [-0.25, -0.2) is 0 Å². The highest BCUT2D eigenvalue weighted by atomic mass is 35.5. The minimum Gasteiger partial charge on any atom is -0.484 e. The fraction of sp³-hybridized carbons (Fsp3) is 0.533. The SMILES string of the molecule is Cl.O=C(CC1COCCN1)NCc1ccc(OCC(F)(F)F)cc1. The van der Waals surface area contributed by atoms with Gasteiger partial charge in [0.2, 0.25) is 5.91 Å². The lowest BCUT2D eigenvalue weighted by molar-refractivity contribution is -0.153. The van der Waals surface area contributed by atoms with Crippen LogP contribution in [0.2, 0.25) is 0 Å². The van der Waals surface area contributed by atoms with Crippen molar-refractivity contribution < 1.29 is 27.4 Å². The first-order valence-corrected chi connectivity index (χ1v) is 7.29. The number of hydrogen-bond donors (Lipinski definition) is 2. The van der Waals surface area contributed by atoms with Crippen molar-refractivity contribution in [3.63, 3.8) is 0 Å². The number of rotatable bonds is 6. The summed E-state index contributed by atoms with van der Waals surface area (Å²) in [5.41, 5.74) is 0.783. The quantitative estimate of drug-likeness (QED) is 0.807. The molecule has 0 aliphatic carbocycles. The van der Waals surface area contributed by atoms with Crippen LogP contribution in [-0.2, 0) is 16.1 Å². The van der Waals surface area contributed by atoms with Crippen LogP contribution in [0.15, 0.2) is 24.3 Å². The minimum atomic E-state index is -4.36. The highest BCUT2D eigenvalue weighted by Crippen LogP contribution is 2.18. The summed E-state index contributed by atoms with van der Waals surface area (Å²) in [5, 5.41) is 5.95. The number of benzene rings is 1. The molecule has 24 heavy (non-hydrogen) atoms. The summed E-state index contributed by atoms with van der Waals surface area (Å²) in [7, 11) is 0. The van der Waals surface area contributed by atoms with Gasteiger partial charge in [0.25, 0.3) is 0 Å². The summed E-state index contributed by atoms with van der Waals surface area (Å²) in [4.78, 5) is 11.8. The van der Waals surface area contributed by atoms with Gasteiger partial charge in [0.1, 0.15) is 5.75 Å². The Morgan fingerprint density at radius 2 is 2.04 bits per heavy atom. The van der Waals surface area contributed by atoms with E-state index in [1.807, 2.05) is 0 Å². The van der Waals surface area contributed by atoms with Crippen LogP contribution in [-0.4, -0.2) is 44.5 Å². The second-order valence-electron chi connectivity index (χ2n) is 5.25. The van der Waals surface area contributed by atoms with Gasteiger partial charge in [-0.1, -0.05) is 12.1 Å². The van der Waals surface area contributed by atoms with E-state index >= 15 is 0 Å². The number of nitrogens with one attached hydrogen (secondary N) is 2. The normalized spacial score (nSPS) is 17.7. The molecule has 0 saturated carbocycles. The Hall–Kier alpha value is -1.51. The summed E-state index contributed by atoms with van der Waals surface area (Å²) in [5.74, 6) is 0.0337. The second kappa shape index (κ2) is 9.71. The van der Waals surface area contributed by atoms with Crippen LogP contribution in [0.1, 0.15) is 12.0 Å². The predicted octanol–water partition coefficient (Wildman–Crippen LogP) is 2.04. The Kier molecular flexibility index (Phi) is 8.30. The first-order chi connectivity index (χ1) is 10.9. The first-order valence-electron chi connectivity index (χ1n) is 7.29. The molecule has 1 fully saturated rings. The van der Waals surface area contributed by atoms with Crippen LogP contribution in [0.5, 0.6) is 5.75 Å². The largest absolute Gasteiger partial charge is 0.484 e. The molecule has 136 valence electrons. The van der Waals surface area contributed by atoms with Crippen LogP contribution < -0.4 is 15.4 Å². The zero-order chi connectivity index (χ0) is 16.7. The number of morpholine rings is 1. The molecular weight excluding hydrogens is 349 g/mol. The van der Waals surface area contributed by atoms with Crippen molar-refractivity contribution in [1.82, 2.24) is 10.6 Å². The van der Waals surface area contributed by atoms with E-state index in [4.69, 9.17) is 4.74 Å². The highest BCUT2D eigenvalue weighted by molar-refractivity contribution is 5.85. The van der Waals surface area contributed by atoms with Crippen LogP contribution >= 0.6 is 12.4 Å². The summed E-state index contributed by atoms with van der Waals surface area (Å²) >= 11 is 0. The number of hydrogen-bond acceptors (Lipinski definition) is 4. The zero-order valence-electron chi connectivity index (χ0n) is 12.9. The fourth-order valence-corrected chi connectivity index (χ4v) is 2.12. The first kappa shape index (κ1) is 20.5. The van der Waals surface area contributed by atoms with Crippen molar-refractivity contribution in [1.29, 1.82) is 0 Å². The lowest BCUT2D eigenvalue weighted by Crippen LogP contribution is -2.44. The number of amides is 1. The van der Waals surface area contributed by atoms with E-state index in [0.29, 0.717) is 26.2 Å². The van der Waals surface area contributed by atoms with E-state index in [9.17, 15) is 18.0 Å². The maximum absolute atomic E-state index is 12.0. The second-order valence-corrected chi connectivity index (χ2v) is 5.25. The maximum Gasteiger partial charge on any atom is 0.422 e. The molecule has 9 heteroatoms. The Morgan fingerprint density at radius 1 is 1.33 bits per heavy atom. The standard InChI is InChI=1S/C15H19F3N2O3.ClH/c16-15(17,18)10-23-13-3-1-11(2-4-13)8-20-14(21)7-12-9-22-6-5-19-12;/h1-4,12,19H,5-10H2,(H,20,21);1H. The molecule has 1 unspecified atom stereocenters. The average Bonchev–Trinajstić information content (AvgIpc) is 2.52. The molecule has 1 heterocycles. The fourth-order valence-electron chi connectivity index (χ4n) is 2.12. The monoisotopic (exact) mass is 368 g/mol. The Morgan fingerprint density at radius 3 is 2.62 bits per heavy atom. The van der Waals surface area contributed by atoms with Gasteiger partial charge in [0, 0.05) is 25.6 Å². The third kappa shape index (κ3) is 7.85. The van der Waals surface area contributed by atoms with Gasteiger partial charge in [-0.15, -0.1) is 12.4 Å². The van der Waals surface area contributed by atoms with Gasteiger partial charge in [-0.05, 0) is 17.7 Å². The molecule has 1 aliphatic heterocycles. The van der Waals surface area contributed by atoms with E-state index in [0.717, 1.165) is 12.1 Å². The molecule has 1 aromatic rings. The molecule has 2 rings (SSSR count). The third-order valence-corrected chi connectivity index (χ3v) is 3.25. The summed E-state index contributed by atoms with van der Waals surface area (Å²) in [6, 6.07) is 6.15. The van der Waals surface area contributed by atoms with Crippen LogP contribution in [0.3, 0.4) is 0 Å². The predicted molar refractivity (Wildman–Crippen MR) is 84.3 cm³/mol. The van der Waals surface area contributed by atoms with E-state index in [2.05, 4.69) is 15.4 Å². The maximum atomic E-state index is 12.0. The lowest BCUT2D eigenvalue weighted by atomic mass is 10.1. The molecule has 1 aromatic carbocycles. The molecule has 1 aliphatic rings. The van der Waals surface area contributed by atoms with E-state index in [-0.39, 0.29) is 30.1 Å². The molecule has 0 radical (unpaired) electrons. The molecule has 2 N–H and O–H groups in total. The van der Waals surface area contributed by atoms with Crippen molar-refractivity contribution in [2.24, 2.45) is 0 Å². The molecule has 1 saturated heterocycles. The number of carbonyl (C=O) groups excluding carboxylic acids is 1. The molecule has 0 bridgehead atoms. The number of carbonyl (C=O) groups is 1. The summed E-state index contributed by atoms with van der Waals surface area (Å²) in [6.07, 6.45) is -4.03. The minimum absolute atomic E-state index is 0. The van der Waals surface area contributed by atoms with Gasteiger partial charge in [-0.3, -0.25) is 4.79 Å². The van der Waals surface area contributed by atoms with Gasteiger partial charge in [0.05, 0.1) is 13.2 Å². The lowest BCUT2D eigenvalue weighted by Gasteiger charge is -2.23. The van der Waals surface area contributed by atoms with Gasteiger partial charge >= 0.3 is 6.18 Å². The average molecular weight is 369 g/mol. The Bertz CT molecular complexity index is 506. The Balaban J connectivity index is 0.00000288. The zero-order valence-corrected chi connectivity index (χ0v) is 13.7. The van der Waals surface area contributed by atoms with Crippen LogP contribution in [0.25, 0.3) is 0 Å². The molecule has 5 nitrogen and oxygen atoms in total. The molecule has 0 spiro atoms. The van der Waals surface area contributed by atoms with E-state index in [1.165, 1.54) is 12.1 Å². The summed E-state index contributed by atoms with van der Waals surface area (Å²) in [6.45, 7) is 0.891. The van der Waals surface area contributed by atoms with Crippen molar-refractivity contribution >= 4 is 18.3 Å². The van der Waals surface area contributed by atoms with Crippen molar-refractivity contribution in [3.05, 3.63) is 29.8 Å². The summed E-state index contributed by atoms with van der Waals surface area (Å²) < 4.78 is 46.0. The van der Waals surface area contributed by atoms with Crippen LogP contribution in [0.4, 0.5) is 13.2 Å². The van der Waals surface area contributed by atoms with Crippen molar-refractivity contribution in [2.45, 2.75) is 25.2 Å². The van der Waals surface area contributed by atoms with Crippen molar-refractivity contribution in [2.75, 3.05) is 26.4 Å². The molecule has 1 atom stereocenters. The van der Waals surface area contributed by atoms with E-state index < -0.39 is 12.8 Å². The number of alkyl halides is 3. The van der Waals surface area contributed by atoms with Gasteiger partial charge in [0.15, 0.2) is 6.61 Å². The van der Waals surface area contributed by atoms with Crippen LogP contribution in [0, 0.1) is 0 Å². The smallest absolute Gasteiger partial charge is 0.422 e. The van der Waals surface area contributed by atoms with Gasteiger partial charge < -0.3 is 20.1 Å². The number of ether oxygens (including phenoxy) is 2.